The van der Waals surface area contributed by atoms with E-state index in [4.69, 9.17) is 5.11 Å². The van der Waals surface area contributed by atoms with Gasteiger partial charge in [-0.2, -0.15) is 0 Å². The maximum atomic E-state index is 12.0. The van der Waals surface area contributed by atoms with Crippen LogP contribution in [0.4, 0.5) is 0 Å². The summed E-state index contributed by atoms with van der Waals surface area (Å²) in [5.74, 6) is -2.22. The molecule has 1 aromatic carbocycles. The van der Waals surface area contributed by atoms with Gasteiger partial charge >= 0.3 is 5.97 Å². The van der Waals surface area contributed by atoms with E-state index in [1.165, 1.54) is 12.1 Å². The lowest BCUT2D eigenvalue weighted by molar-refractivity contribution is -0.141. The molecular formula is C12H11NO4. The summed E-state index contributed by atoms with van der Waals surface area (Å²) in [6.45, 7) is 1.63. The zero-order chi connectivity index (χ0) is 12.6. The summed E-state index contributed by atoms with van der Waals surface area (Å²) >= 11 is 0. The number of rotatable bonds is 3. The van der Waals surface area contributed by atoms with Crippen molar-refractivity contribution in [3.05, 3.63) is 35.4 Å². The van der Waals surface area contributed by atoms with Crippen LogP contribution in [0, 0.1) is 0 Å². The lowest BCUT2D eigenvalue weighted by atomic mass is 10.1. The number of imide groups is 1. The molecule has 88 valence electrons. The van der Waals surface area contributed by atoms with E-state index in [0.717, 1.165) is 4.90 Å². The topological polar surface area (TPSA) is 74.7 Å². The normalized spacial score (nSPS) is 15.9. The Morgan fingerprint density at radius 1 is 1.24 bits per heavy atom. The fourth-order valence-corrected chi connectivity index (χ4v) is 1.96. The van der Waals surface area contributed by atoms with Gasteiger partial charge in [-0.1, -0.05) is 19.1 Å². The molecule has 5 heteroatoms. The number of nitrogens with zero attached hydrogens (tertiary/aromatic N) is 1. The molecule has 0 saturated carbocycles. The first-order valence-electron chi connectivity index (χ1n) is 5.27. The van der Waals surface area contributed by atoms with Crippen molar-refractivity contribution in [2.45, 2.75) is 19.4 Å². The van der Waals surface area contributed by atoms with Crippen molar-refractivity contribution < 1.29 is 19.5 Å². The van der Waals surface area contributed by atoms with Crippen LogP contribution in [0.3, 0.4) is 0 Å². The summed E-state index contributed by atoms with van der Waals surface area (Å²) in [5, 5.41) is 9.00. The van der Waals surface area contributed by atoms with Crippen molar-refractivity contribution in [3.8, 4) is 0 Å². The monoisotopic (exact) mass is 233 g/mol. The number of carboxylic acid groups (broad SMARTS) is 1. The molecule has 0 unspecified atom stereocenters. The average molecular weight is 233 g/mol. The maximum Gasteiger partial charge on any atom is 0.326 e. The number of fused-ring (bicyclic) bond motifs is 1. The summed E-state index contributed by atoms with van der Waals surface area (Å²) in [4.78, 5) is 35.7. The SMILES string of the molecule is CC[C@H](C(=O)O)N1C(=O)c2ccccc2C1=O. The van der Waals surface area contributed by atoms with Gasteiger partial charge in [0.05, 0.1) is 11.1 Å². The first kappa shape index (κ1) is 11.3. The second-order valence-corrected chi connectivity index (χ2v) is 3.79. The molecule has 2 amide bonds. The third-order valence-corrected chi connectivity index (χ3v) is 2.81. The molecule has 1 aliphatic rings. The Morgan fingerprint density at radius 3 is 2.06 bits per heavy atom. The van der Waals surface area contributed by atoms with Crippen molar-refractivity contribution in [1.82, 2.24) is 4.90 Å². The van der Waals surface area contributed by atoms with E-state index in [9.17, 15) is 14.4 Å². The number of amides is 2. The molecule has 1 aromatic rings. The lowest BCUT2D eigenvalue weighted by Gasteiger charge is -2.20. The van der Waals surface area contributed by atoms with E-state index in [-0.39, 0.29) is 17.5 Å². The van der Waals surface area contributed by atoms with Crippen LogP contribution >= 0.6 is 0 Å². The lowest BCUT2D eigenvalue weighted by Crippen LogP contribution is -2.44. The van der Waals surface area contributed by atoms with E-state index in [1.807, 2.05) is 0 Å². The first-order chi connectivity index (χ1) is 8.07. The fraction of sp³-hybridized carbons (Fsp3) is 0.250. The van der Waals surface area contributed by atoms with Gasteiger partial charge in [-0.05, 0) is 18.6 Å². The smallest absolute Gasteiger partial charge is 0.326 e. The fourth-order valence-electron chi connectivity index (χ4n) is 1.96. The van der Waals surface area contributed by atoms with Crippen molar-refractivity contribution in [3.63, 3.8) is 0 Å². The zero-order valence-electron chi connectivity index (χ0n) is 9.21. The standard InChI is InChI=1S/C12H11NO4/c1-2-9(12(16)17)13-10(14)7-5-3-4-6-8(7)11(13)15/h3-6,9H,2H2,1H3,(H,16,17)/t9-/m1/s1. The summed E-state index contributed by atoms with van der Waals surface area (Å²) in [6.07, 6.45) is 0.195. The highest BCUT2D eigenvalue weighted by atomic mass is 16.4. The Hall–Kier alpha value is -2.17. The molecule has 0 fully saturated rings. The van der Waals surface area contributed by atoms with Crippen LogP contribution in [0.25, 0.3) is 0 Å². The highest BCUT2D eigenvalue weighted by Crippen LogP contribution is 2.25. The van der Waals surface area contributed by atoms with Crippen molar-refractivity contribution in [2.75, 3.05) is 0 Å². The van der Waals surface area contributed by atoms with Gasteiger partial charge in [0, 0.05) is 0 Å². The van der Waals surface area contributed by atoms with E-state index in [2.05, 4.69) is 0 Å². The molecule has 1 atom stereocenters. The highest BCUT2D eigenvalue weighted by molar-refractivity contribution is 6.22. The van der Waals surface area contributed by atoms with Gasteiger partial charge < -0.3 is 5.11 Å². The van der Waals surface area contributed by atoms with Crippen molar-refractivity contribution in [1.29, 1.82) is 0 Å². The van der Waals surface area contributed by atoms with Gasteiger partial charge in [-0.25, -0.2) is 4.79 Å². The summed E-state index contributed by atoms with van der Waals surface area (Å²) < 4.78 is 0. The molecule has 0 spiro atoms. The van der Waals surface area contributed by atoms with Crippen molar-refractivity contribution >= 4 is 17.8 Å². The van der Waals surface area contributed by atoms with Crippen LogP contribution < -0.4 is 0 Å². The second kappa shape index (κ2) is 4.01. The largest absolute Gasteiger partial charge is 0.480 e. The molecule has 0 radical (unpaired) electrons. The molecule has 0 bridgehead atoms. The summed E-state index contributed by atoms with van der Waals surface area (Å²) in [5.41, 5.74) is 0.550. The van der Waals surface area contributed by atoms with Gasteiger partial charge in [0.15, 0.2) is 0 Å². The Balaban J connectivity index is 2.46. The predicted octanol–water partition coefficient (Wildman–Crippen LogP) is 1.15. The third-order valence-electron chi connectivity index (χ3n) is 2.81. The number of hydrogen-bond donors (Lipinski definition) is 1. The van der Waals surface area contributed by atoms with Gasteiger partial charge in [0.1, 0.15) is 6.04 Å². The van der Waals surface area contributed by atoms with Crippen LogP contribution in [0.5, 0.6) is 0 Å². The van der Waals surface area contributed by atoms with Crippen LogP contribution in [-0.2, 0) is 4.79 Å². The maximum absolute atomic E-state index is 12.0. The van der Waals surface area contributed by atoms with Gasteiger partial charge in [0.2, 0.25) is 0 Å². The minimum atomic E-state index is -1.16. The molecule has 2 rings (SSSR count). The Morgan fingerprint density at radius 2 is 1.71 bits per heavy atom. The van der Waals surface area contributed by atoms with Crippen LogP contribution in [0.1, 0.15) is 34.1 Å². The van der Waals surface area contributed by atoms with Crippen LogP contribution in [0.2, 0.25) is 0 Å². The minimum Gasteiger partial charge on any atom is -0.480 e. The van der Waals surface area contributed by atoms with E-state index >= 15 is 0 Å². The quantitative estimate of drug-likeness (QED) is 0.794. The van der Waals surface area contributed by atoms with Crippen molar-refractivity contribution in [2.24, 2.45) is 0 Å². The number of hydrogen-bond acceptors (Lipinski definition) is 3. The summed E-state index contributed by atoms with van der Waals surface area (Å²) in [7, 11) is 0. The number of benzene rings is 1. The highest BCUT2D eigenvalue weighted by Gasteiger charge is 2.41. The molecule has 1 heterocycles. The van der Waals surface area contributed by atoms with Gasteiger partial charge in [-0.3, -0.25) is 14.5 Å². The number of carbonyl (C=O) groups excluding carboxylic acids is 2. The molecule has 5 nitrogen and oxygen atoms in total. The number of carbonyl (C=O) groups is 3. The number of carboxylic acids is 1. The Kier molecular flexibility index (Phi) is 2.67. The Bertz CT molecular complexity index is 474. The molecule has 0 aromatic heterocycles. The molecule has 0 aliphatic carbocycles. The summed E-state index contributed by atoms with van der Waals surface area (Å²) in [6, 6.07) is 5.26. The average Bonchev–Trinajstić information content (AvgIpc) is 2.56. The van der Waals surface area contributed by atoms with Gasteiger partial charge in [-0.15, -0.1) is 0 Å². The van der Waals surface area contributed by atoms with E-state index in [0.29, 0.717) is 0 Å². The van der Waals surface area contributed by atoms with Crippen LogP contribution in [-0.4, -0.2) is 33.8 Å². The molecular weight excluding hydrogens is 222 g/mol. The van der Waals surface area contributed by atoms with Crippen LogP contribution in [0.15, 0.2) is 24.3 Å². The second-order valence-electron chi connectivity index (χ2n) is 3.79. The van der Waals surface area contributed by atoms with E-state index < -0.39 is 23.8 Å². The molecule has 1 aliphatic heterocycles. The third kappa shape index (κ3) is 1.60. The molecule has 1 N–H and O–H groups in total. The molecule has 0 saturated heterocycles. The minimum absolute atomic E-state index is 0.195. The number of aliphatic carboxylic acids is 1. The Labute approximate surface area is 97.7 Å². The van der Waals surface area contributed by atoms with E-state index in [1.54, 1.807) is 19.1 Å². The molecule has 17 heavy (non-hydrogen) atoms. The first-order valence-corrected chi connectivity index (χ1v) is 5.27. The van der Waals surface area contributed by atoms with Gasteiger partial charge in [0.25, 0.3) is 11.8 Å². The predicted molar refractivity (Wildman–Crippen MR) is 58.7 cm³/mol. The zero-order valence-corrected chi connectivity index (χ0v) is 9.21.